The molecule has 56 heavy (non-hydrogen) atoms. The summed E-state index contributed by atoms with van der Waals surface area (Å²) in [6.45, 7) is 8.60. The molecule has 0 bridgehead atoms. The summed E-state index contributed by atoms with van der Waals surface area (Å²) in [6, 6.07) is 28.1. The third-order valence-electron chi connectivity index (χ3n) is 9.66. The minimum absolute atomic E-state index is 0.0427. The average Bonchev–Trinajstić information content (AvgIpc) is 3.80. The monoisotopic (exact) mass is 802 g/mol. The maximum atomic E-state index is 9.40. The molecule has 1 unspecified atom stereocenters. The van der Waals surface area contributed by atoms with Crippen molar-refractivity contribution in [3.8, 4) is 17.6 Å². The quantitative estimate of drug-likeness (QED) is 0.0367. The molecule has 13 nitrogen and oxygen atoms in total. The second-order valence-corrected chi connectivity index (χ2v) is 15.5. The third-order valence-corrected chi connectivity index (χ3v) is 12.1. The molecule has 0 saturated carbocycles. The largest absolute Gasteiger partial charge is 0.497 e. The lowest BCUT2D eigenvalue weighted by atomic mass is 9.80. The lowest BCUT2D eigenvalue weighted by molar-refractivity contribution is -0.0938. The van der Waals surface area contributed by atoms with Gasteiger partial charge in [0.15, 0.2) is 17.0 Å². The summed E-state index contributed by atoms with van der Waals surface area (Å²) >= 11 is 6.44. The number of benzene rings is 3. The van der Waals surface area contributed by atoms with Crippen molar-refractivity contribution in [1.82, 2.24) is 24.2 Å². The van der Waals surface area contributed by atoms with E-state index in [0.717, 1.165) is 16.7 Å². The summed E-state index contributed by atoms with van der Waals surface area (Å²) in [5, 5.41) is 9.62. The SMILES string of the molecule is COc1ccc(C(OC[C@H]2O[C@@H](n3cnc4c(Cl)ncnc43)[C@H](OC)[C@@H]2OP(OCCC#N)N(C(C)C)C(C)C)(c2ccccc2)c2ccc(OC)cc2)cc1. The molecule has 1 aliphatic rings. The minimum atomic E-state index is -1.72. The molecular formula is C41H48ClN6O7P. The molecule has 3 heterocycles. The van der Waals surface area contributed by atoms with Crippen molar-refractivity contribution in [2.75, 3.05) is 34.5 Å². The van der Waals surface area contributed by atoms with Crippen LogP contribution >= 0.6 is 20.1 Å². The van der Waals surface area contributed by atoms with E-state index in [4.69, 9.17) is 44.3 Å². The van der Waals surface area contributed by atoms with Crippen molar-refractivity contribution >= 4 is 31.3 Å². The molecule has 6 rings (SSSR count). The summed E-state index contributed by atoms with van der Waals surface area (Å²) < 4.78 is 49.1. The zero-order valence-corrected chi connectivity index (χ0v) is 34.3. The topological polar surface area (TPSA) is 135 Å². The molecule has 0 N–H and O–H groups in total. The number of fused-ring (bicyclic) bond motifs is 1. The Kier molecular flexibility index (Phi) is 13.9. The van der Waals surface area contributed by atoms with Crippen molar-refractivity contribution in [1.29, 1.82) is 5.26 Å². The van der Waals surface area contributed by atoms with Gasteiger partial charge in [-0.15, -0.1) is 0 Å². The zero-order chi connectivity index (χ0) is 39.8. The Hall–Kier alpha value is -4.22. The molecule has 0 radical (unpaired) electrons. The Balaban J connectivity index is 1.48. The molecule has 1 fully saturated rings. The molecular weight excluding hydrogens is 755 g/mol. The molecule has 3 aromatic carbocycles. The summed E-state index contributed by atoms with van der Waals surface area (Å²) in [5.74, 6) is 1.43. The number of hydrogen-bond acceptors (Lipinski definition) is 12. The van der Waals surface area contributed by atoms with E-state index in [1.807, 2.05) is 78.9 Å². The van der Waals surface area contributed by atoms with Gasteiger partial charge in [-0.3, -0.25) is 4.57 Å². The van der Waals surface area contributed by atoms with Crippen molar-refractivity contribution in [3.05, 3.63) is 113 Å². The highest BCUT2D eigenvalue weighted by molar-refractivity contribution is 7.44. The fraction of sp³-hybridized carbons (Fsp3) is 0.415. The van der Waals surface area contributed by atoms with Crippen LogP contribution in [0.1, 0.15) is 57.0 Å². The second-order valence-electron chi connectivity index (χ2n) is 13.7. The zero-order valence-electron chi connectivity index (χ0n) is 32.6. The molecule has 0 amide bonds. The number of imidazole rings is 1. The van der Waals surface area contributed by atoms with E-state index in [0.29, 0.717) is 22.7 Å². The average molecular weight is 803 g/mol. The first-order valence-corrected chi connectivity index (χ1v) is 19.9. The molecule has 5 aromatic rings. The van der Waals surface area contributed by atoms with Gasteiger partial charge in [0.25, 0.3) is 8.53 Å². The molecule has 0 spiro atoms. The lowest BCUT2D eigenvalue weighted by Gasteiger charge is -2.39. The van der Waals surface area contributed by atoms with Crippen LogP contribution in [0, 0.1) is 11.3 Å². The number of nitrogens with zero attached hydrogens (tertiary/aromatic N) is 6. The Morgan fingerprint density at radius 2 is 1.46 bits per heavy atom. The maximum absolute atomic E-state index is 9.40. The fourth-order valence-corrected chi connectivity index (χ4v) is 9.08. The predicted octanol–water partition coefficient (Wildman–Crippen LogP) is 8.08. The van der Waals surface area contributed by atoms with Gasteiger partial charge < -0.3 is 32.7 Å². The number of ether oxygens (including phenoxy) is 5. The normalized spacial score (nSPS) is 19.2. The Bertz CT molecular complexity index is 1990. The van der Waals surface area contributed by atoms with E-state index in [1.54, 1.807) is 32.2 Å². The van der Waals surface area contributed by atoms with Crippen LogP contribution in [0.25, 0.3) is 11.2 Å². The lowest BCUT2D eigenvalue weighted by Crippen LogP contribution is -2.42. The number of hydrogen-bond donors (Lipinski definition) is 0. The van der Waals surface area contributed by atoms with Gasteiger partial charge in [-0.05, 0) is 68.7 Å². The van der Waals surface area contributed by atoms with Gasteiger partial charge in [0.05, 0.1) is 46.3 Å². The van der Waals surface area contributed by atoms with Gasteiger partial charge >= 0.3 is 0 Å². The Morgan fingerprint density at radius 1 is 0.857 bits per heavy atom. The fourth-order valence-electron chi connectivity index (χ4n) is 7.13. The number of methoxy groups -OCH3 is 3. The maximum Gasteiger partial charge on any atom is 0.259 e. The molecule has 1 aliphatic heterocycles. The van der Waals surface area contributed by atoms with Gasteiger partial charge in [0.2, 0.25) is 0 Å². The number of rotatable bonds is 18. The van der Waals surface area contributed by atoms with E-state index in [-0.39, 0.29) is 36.9 Å². The van der Waals surface area contributed by atoms with Gasteiger partial charge in [-0.25, -0.2) is 19.6 Å². The summed E-state index contributed by atoms with van der Waals surface area (Å²) in [5.41, 5.74) is 2.40. The van der Waals surface area contributed by atoms with Crippen LogP contribution in [0.3, 0.4) is 0 Å². The first-order valence-electron chi connectivity index (χ1n) is 18.4. The third kappa shape index (κ3) is 8.54. The van der Waals surface area contributed by atoms with Crippen LogP contribution in [-0.2, 0) is 28.9 Å². The molecule has 5 atom stereocenters. The highest BCUT2D eigenvalue weighted by Gasteiger charge is 2.51. The highest BCUT2D eigenvalue weighted by Crippen LogP contribution is 2.51. The smallest absolute Gasteiger partial charge is 0.259 e. The standard InChI is InChI=1S/C41H48ClN6O7P/c1-27(2)48(28(3)4)56(53-23-11-22-43)55-36-34(54-40(37(36)51-7)47-26-46-35-38(42)44-25-45-39(35)47)24-52-41(29-12-9-8-10-13-29,30-14-18-32(49-5)19-15-30)31-16-20-33(50-6)21-17-31/h8-10,12-21,25-28,34,36-37,40H,11,23-24H2,1-7H3/t34-,36-,37-,40-,56?/m1/s1. The van der Waals surface area contributed by atoms with E-state index < -0.39 is 38.7 Å². The molecule has 15 heteroatoms. The minimum Gasteiger partial charge on any atom is -0.497 e. The van der Waals surface area contributed by atoms with Crippen molar-refractivity contribution < 1.29 is 32.7 Å². The molecule has 0 aliphatic carbocycles. The first-order chi connectivity index (χ1) is 27.2. The summed E-state index contributed by atoms with van der Waals surface area (Å²) in [4.78, 5) is 13.1. The second kappa shape index (κ2) is 18.8. The summed E-state index contributed by atoms with van der Waals surface area (Å²) in [7, 11) is 3.18. The van der Waals surface area contributed by atoms with Crippen LogP contribution in [-0.4, -0.2) is 89.1 Å². The van der Waals surface area contributed by atoms with Crippen molar-refractivity contribution in [2.24, 2.45) is 0 Å². The number of nitriles is 1. The van der Waals surface area contributed by atoms with E-state index in [1.165, 1.54) is 6.33 Å². The highest BCUT2D eigenvalue weighted by atomic mass is 35.5. The van der Waals surface area contributed by atoms with Gasteiger partial charge in [-0.1, -0.05) is 66.2 Å². The Morgan fingerprint density at radius 3 is 2.02 bits per heavy atom. The molecule has 1 saturated heterocycles. The molecule has 2 aromatic heterocycles. The van der Waals surface area contributed by atoms with Crippen LogP contribution in [0.4, 0.5) is 0 Å². The summed E-state index contributed by atoms with van der Waals surface area (Å²) in [6.07, 6.45) is 0.321. The molecule has 296 valence electrons. The van der Waals surface area contributed by atoms with Crippen molar-refractivity contribution in [2.45, 2.75) is 76.3 Å². The van der Waals surface area contributed by atoms with Crippen molar-refractivity contribution in [3.63, 3.8) is 0 Å². The van der Waals surface area contributed by atoms with Crippen LogP contribution < -0.4 is 9.47 Å². The van der Waals surface area contributed by atoms with Crippen LogP contribution in [0.15, 0.2) is 91.5 Å². The van der Waals surface area contributed by atoms with E-state index in [9.17, 15) is 5.26 Å². The predicted molar refractivity (Wildman–Crippen MR) is 213 cm³/mol. The van der Waals surface area contributed by atoms with Gasteiger partial charge in [0, 0.05) is 19.2 Å². The first kappa shape index (κ1) is 41.4. The Labute approximate surface area is 334 Å². The van der Waals surface area contributed by atoms with Gasteiger partial charge in [0.1, 0.15) is 47.3 Å². The van der Waals surface area contributed by atoms with Crippen LogP contribution in [0.5, 0.6) is 11.5 Å². The van der Waals surface area contributed by atoms with Crippen LogP contribution in [0.2, 0.25) is 5.15 Å². The van der Waals surface area contributed by atoms with E-state index in [2.05, 4.69) is 53.4 Å². The number of halogens is 1. The van der Waals surface area contributed by atoms with E-state index >= 15 is 0 Å². The number of aromatic nitrogens is 4. The van der Waals surface area contributed by atoms with Gasteiger partial charge in [-0.2, -0.15) is 5.26 Å².